The summed E-state index contributed by atoms with van der Waals surface area (Å²) in [5.74, 6) is 0.978. The minimum atomic E-state index is 0.758. The van der Waals surface area contributed by atoms with E-state index in [-0.39, 0.29) is 0 Å². The zero-order chi connectivity index (χ0) is 13.4. The van der Waals surface area contributed by atoms with Crippen LogP contribution >= 0.6 is 0 Å². The zero-order valence-corrected chi connectivity index (χ0v) is 12.0. The van der Waals surface area contributed by atoms with Crippen LogP contribution in [-0.4, -0.2) is 55.6 Å². The average molecular weight is 251 g/mol. The lowest BCUT2D eigenvalue weighted by Gasteiger charge is -2.24. The number of hydrogen-bond donors (Lipinski definition) is 1. The molecule has 1 N–H and O–H groups in total. The molecule has 1 aromatic heterocycles. The SMILES string of the molecule is CCCN(CCN(C)C)c1cncc(CNC)n1. The molecular formula is C13H25N5. The molecular weight excluding hydrogens is 226 g/mol. The predicted molar refractivity (Wildman–Crippen MR) is 75.9 cm³/mol. The van der Waals surface area contributed by atoms with Crippen LogP contribution in [0.15, 0.2) is 12.4 Å². The van der Waals surface area contributed by atoms with Gasteiger partial charge in [-0.3, -0.25) is 4.98 Å². The molecule has 0 saturated heterocycles. The van der Waals surface area contributed by atoms with Crippen LogP contribution < -0.4 is 10.2 Å². The van der Waals surface area contributed by atoms with Gasteiger partial charge in [0.15, 0.2) is 0 Å². The van der Waals surface area contributed by atoms with Crippen LogP contribution in [0.4, 0.5) is 5.82 Å². The van der Waals surface area contributed by atoms with Crippen LogP contribution in [0, 0.1) is 0 Å². The van der Waals surface area contributed by atoms with E-state index in [0.29, 0.717) is 0 Å². The highest BCUT2D eigenvalue weighted by Crippen LogP contribution is 2.10. The highest BCUT2D eigenvalue weighted by atomic mass is 15.2. The molecule has 0 saturated carbocycles. The van der Waals surface area contributed by atoms with Crippen LogP contribution in [0.3, 0.4) is 0 Å². The van der Waals surface area contributed by atoms with Crippen molar-refractivity contribution >= 4 is 5.82 Å². The van der Waals surface area contributed by atoms with Gasteiger partial charge in [0.05, 0.1) is 11.9 Å². The van der Waals surface area contributed by atoms with Gasteiger partial charge in [-0.15, -0.1) is 0 Å². The van der Waals surface area contributed by atoms with E-state index in [0.717, 1.165) is 44.1 Å². The third-order valence-corrected chi connectivity index (χ3v) is 2.66. The Bertz CT molecular complexity index is 340. The number of rotatable bonds is 8. The third kappa shape index (κ3) is 4.98. The summed E-state index contributed by atoms with van der Waals surface area (Å²) in [7, 11) is 6.10. The zero-order valence-electron chi connectivity index (χ0n) is 12.0. The van der Waals surface area contributed by atoms with E-state index in [1.54, 1.807) is 0 Å². The summed E-state index contributed by atoms with van der Waals surface area (Å²) in [4.78, 5) is 13.4. The summed E-state index contributed by atoms with van der Waals surface area (Å²) < 4.78 is 0. The largest absolute Gasteiger partial charge is 0.354 e. The molecule has 0 aliphatic carbocycles. The Morgan fingerprint density at radius 3 is 2.56 bits per heavy atom. The van der Waals surface area contributed by atoms with Gasteiger partial charge in [-0.2, -0.15) is 0 Å². The summed E-state index contributed by atoms with van der Waals surface area (Å²) in [5.41, 5.74) is 0.987. The quantitative estimate of drug-likeness (QED) is 0.746. The van der Waals surface area contributed by atoms with E-state index in [9.17, 15) is 0 Å². The Hall–Kier alpha value is -1.20. The summed E-state index contributed by atoms with van der Waals surface area (Å²) >= 11 is 0. The second kappa shape index (κ2) is 8.00. The first-order valence-electron chi connectivity index (χ1n) is 6.52. The highest BCUT2D eigenvalue weighted by Gasteiger charge is 2.08. The van der Waals surface area contributed by atoms with Crippen molar-refractivity contribution < 1.29 is 0 Å². The van der Waals surface area contributed by atoms with Gasteiger partial charge in [-0.05, 0) is 27.6 Å². The van der Waals surface area contributed by atoms with E-state index >= 15 is 0 Å². The van der Waals surface area contributed by atoms with Gasteiger partial charge >= 0.3 is 0 Å². The van der Waals surface area contributed by atoms with E-state index in [1.807, 2.05) is 19.4 Å². The fourth-order valence-corrected chi connectivity index (χ4v) is 1.75. The first-order chi connectivity index (χ1) is 8.67. The van der Waals surface area contributed by atoms with Gasteiger partial charge in [0, 0.05) is 32.4 Å². The van der Waals surface area contributed by atoms with Crippen molar-refractivity contribution in [2.75, 3.05) is 45.7 Å². The molecule has 0 spiro atoms. The molecule has 1 rings (SSSR count). The Kier molecular flexibility index (Phi) is 6.60. The minimum Gasteiger partial charge on any atom is -0.354 e. The second-order valence-electron chi connectivity index (χ2n) is 4.69. The van der Waals surface area contributed by atoms with E-state index < -0.39 is 0 Å². The number of anilines is 1. The second-order valence-corrected chi connectivity index (χ2v) is 4.69. The lowest BCUT2D eigenvalue weighted by molar-refractivity contribution is 0.412. The number of hydrogen-bond acceptors (Lipinski definition) is 5. The van der Waals surface area contributed by atoms with Crippen LogP contribution in [0.2, 0.25) is 0 Å². The van der Waals surface area contributed by atoms with Crippen LogP contribution in [0.25, 0.3) is 0 Å². The van der Waals surface area contributed by atoms with Crippen LogP contribution in [0.5, 0.6) is 0 Å². The molecule has 0 unspecified atom stereocenters. The summed E-state index contributed by atoms with van der Waals surface area (Å²) in [6.45, 7) is 5.98. The maximum Gasteiger partial charge on any atom is 0.147 e. The normalized spacial score (nSPS) is 10.9. The number of nitrogens with one attached hydrogen (secondary N) is 1. The Morgan fingerprint density at radius 2 is 1.94 bits per heavy atom. The first kappa shape index (κ1) is 14.9. The van der Waals surface area contributed by atoms with Gasteiger partial charge in [0.25, 0.3) is 0 Å². The van der Waals surface area contributed by atoms with Gasteiger partial charge in [0.2, 0.25) is 0 Å². The van der Waals surface area contributed by atoms with Crippen molar-refractivity contribution in [2.24, 2.45) is 0 Å². The molecule has 1 heterocycles. The monoisotopic (exact) mass is 251 g/mol. The molecule has 5 heteroatoms. The molecule has 0 aromatic carbocycles. The summed E-state index contributed by atoms with van der Waals surface area (Å²) in [6, 6.07) is 0. The fourth-order valence-electron chi connectivity index (χ4n) is 1.75. The Balaban J connectivity index is 2.73. The van der Waals surface area contributed by atoms with Crippen molar-refractivity contribution in [1.82, 2.24) is 20.2 Å². The smallest absolute Gasteiger partial charge is 0.147 e. The number of likely N-dealkylation sites (N-methyl/N-ethyl adjacent to an activating group) is 1. The molecule has 102 valence electrons. The molecule has 0 atom stereocenters. The van der Waals surface area contributed by atoms with E-state index in [2.05, 4.69) is 46.1 Å². The van der Waals surface area contributed by atoms with E-state index in [4.69, 9.17) is 0 Å². The van der Waals surface area contributed by atoms with Gasteiger partial charge in [0.1, 0.15) is 5.82 Å². The molecule has 18 heavy (non-hydrogen) atoms. The lowest BCUT2D eigenvalue weighted by atomic mass is 10.3. The molecule has 0 aliphatic heterocycles. The minimum absolute atomic E-state index is 0.758. The highest BCUT2D eigenvalue weighted by molar-refractivity contribution is 5.36. The molecule has 0 aliphatic rings. The predicted octanol–water partition coefficient (Wildman–Crippen LogP) is 0.974. The number of aromatic nitrogens is 2. The van der Waals surface area contributed by atoms with Gasteiger partial charge in [-0.25, -0.2) is 4.98 Å². The number of nitrogens with zero attached hydrogens (tertiary/aromatic N) is 4. The summed E-state index contributed by atoms with van der Waals surface area (Å²) in [6.07, 6.45) is 4.78. The van der Waals surface area contributed by atoms with Crippen molar-refractivity contribution in [3.8, 4) is 0 Å². The molecule has 1 aromatic rings. The molecule has 0 fully saturated rings. The van der Waals surface area contributed by atoms with Crippen LogP contribution in [0.1, 0.15) is 19.0 Å². The maximum absolute atomic E-state index is 4.64. The third-order valence-electron chi connectivity index (χ3n) is 2.66. The molecule has 0 amide bonds. The van der Waals surface area contributed by atoms with Gasteiger partial charge < -0.3 is 15.1 Å². The molecule has 0 radical (unpaired) electrons. The van der Waals surface area contributed by atoms with Crippen molar-refractivity contribution in [1.29, 1.82) is 0 Å². The summed E-state index contributed by atoms with van der Waals surface area (Å²) in [5, 5.41) is 3.10. The van der Waals surface area contributed by atoms with Crippen LogP contribution in [-0.2, 0) is 6.54 Å². The standard InChI is InChI=1S/C13H25N5/c1-5-6-18(8-7-17(3)4)13-11-15-10-12(16-13)9-14-2/h10-11,14H,5-9H2,1-4H3. The lowest BCUT2D eigenvalue weighted by Crippen LogP contribution is -2.33. The first-order valence-corrected chi connectivity index (χ1v) is 6.52. The average Bonchev–Trinajstić information content (AvgIpc) is 2.35. The van der Waals surface area contributed by atoms with Crippen molar-refractivity contribution in [3.63, 3.8) is 0 Å². The Labute approximate surface area is 110 Å². The molecule has 0 bridgehead atoms. The molecule has 5 nitrogen and oxygen atoms in total. The Morgan fingerprint density at radius 1 is 1.17 bits per heavy atom. The maximum atomic E-state index is 4.64. The topological polar surface area (TPSA) is 44.3 Å². The van der Waals surface area contributed by atoms with E-state index in [1.165, 1.54) is 0 Å². The fraction of sp³-hybridized carbons (Fsp3) is 0.692. The van der Waals surface area contributed by atoms with Gasteiger partial charge in [-0.1, -0.05) is 6.92 Å². The van der Waals surface area contributed by atoms with Crippen molar-refractivity contribution in [3.05, 3.63) is 18.1 Å². The van der Waals surface area contributed by atoms with Crippen molar-refractivity contribution in [2.45, 2.75) is 19.9 Å².